The molecule has 7 heteroatoms. The molecule has 0 aliphatic carbocycles. The number of anilines is 1. The third-order valence-corrected chi connectivity index (χ3v) is 4.55. The summed E-state index contributed by atoms with van der Waals surface area (Å²) in [6, 6.07) is 13.9. The number of nitro groups is 1. The van der Waals surface area contributed by atoms with Crippen LogP contribution in [0.2, 0.25) is 0 Å². The molecule has 2 aromatic carbocycles. The summed E-state index contributed by atoms with van der Waals surface area (Å²) in [4.78, 5) is 29.6. The van der Waals surface area contributed by atoms with Gasteiger partial charge in [0.25, 0.3) is 11.6 Å². The number of amidine groups is 1. The quantitative estimate of drug-likeness (QED) is 0.482. The highest BCUT2D eigenvalue weighted by atomic mass is 32.2. The second kappa shape index (κ2) is 5.06. The van der Waals surface area contributed by atoms with E-state index in [9.17, 15) is 14.9 Å². The molecule has 1 amide bonds. The van der Waals surface area contributed by atoms with Crippen molar-refractivity contribution in [2.75, 3.05) is 4.90 Å². The van der Waals surface area contributed by atoms with Gasteiger partial charge in [0.05, 0.1) is 10.6 Å². The summed E-state index contributed by atoms with van der Waals surface area (Å²) in [6.45, 7) is 0. The van der Waals surface area contributed by atoms with Crippen molar-refractivity contribution in [1.82, 2.24) is 0 Å². The molecule has 0 fully saturated rings. The van der Waals surface area contributed by atoms with Crippen molar-refractivity contribution >= 4 is 40.3 Å². The summed E-state index contributed by atoms with van der Waals surface area (Å²) in [7, 11) is 0. The molecule has 0 aromatic heterocycles. The van der Waals surface area contributed by atoms with Gasteiger partial charge in [-0.05, 0) is 29.5 Å². The van der Waals surface area contributed by atoms with Crippen molar-refractivity contribution in [1.29, 1.82) is 0 Å². The number of rotatable bonds is 2. The summed E-state index contributed by atoms with van der Waals surface area (Å²) in [6.07, 6.45) is 1.71. The molecule has 2 aliphatic rings. The number of benzene rings is 2. The van der Waals surface area contributed by atoms with Crippen molar-refractivity contribution in [2.45, 2.75) is 4.90 Å². The molecule has 4 rings (SSSR count). The Balaban J connectivity index is 1.74. The Hall–Kier alpha value is -2.93. The maximum Gasteiger partial charge on any atom is 0.283 e. The Morgan fingerprint density at radius 1 is 1.17 bits per heavy atom. The van der Waals surface area contributed by atoms with Crippen LogP contribution in [0.25, 0.3) is 6.08 Å². The molecule has 0 spiro atoms. The number of fused-ring (bicyclic) bond motifs is 3. The molecule has 0 radical (unpaired) electrons. The first-order valence-corrected chi connectivity index (χ1v) is 7.61. The van der Waals surface area contributed by atoms with Gasteiger partial charge in [-0.2, -0.15) is 0 Å². The summed E-state index contributed by atoms with van der Waals surface area (Å²) >= 11 is 1.34. The Bertz CT molecular complexity index is 906. The minimum atomic E-state index is -0.471. The van der Waals surface area contributed by atoms with E-state index in [0.717, 1.165) is 10.5 Å². The number of non-ortho nitro benzene ring substituents is 1. The van der Waals surface area contributed by atoms with Gasteiger partial charge in [-0.25, -0.2) is 4.99 Å². The SMILES string of the molecule is O=C1/C(=C/c2ccccc2)N=C2Sc3ccc([N+](=O)[O-])cc3N12. The lowest BCUT2D eigenvalue weighted by molar-refractivity contribution is -0.384. The number of thioether (sulfide) groups is 1. The minimum Gasteiger partial charge on any atom is -0.266 e. The zero-order chi connectivity index (χ0) is 16.0. The van der Waals surface area contributed by atoms with Crippen molar-refractivity contribution < 1.29 is 9.72 Å². The van der Waals surface area contributed by atoms with E-state index in [2.05, 4.69) is 4.99 Å². The van der Waals surface area contributed by atoms with E-state index in [1.807, 2.05) is 30.3 Å². The molecular weight excluding hydrogens is 314 g/mol. The third-order valence-electron chi connectivity index (χ3n) is 3.53. The van der Waals surface area contributed by atoms with Crippen LogP contribution in [-0.2, 0) is 4.79 Å². The maximum atomic E-state index is 12.6. The van der Waals surface area contributed by atoms with Crippen LogP contribution < -0.4 is 4.90 Å². The average molecular weight is 323 g/mol. The lowest BCUT2D eigenvalue weighted by Gasteiger charge is -2.09. The second-order valence-electron chi connectivity index (χ2n) is 4.99. The molecule has 6 nitrogen and oxygen atoms in total. The van der Waals surface area contributed by atoms with Crippen LogP contribution in [0.4, 0.5) is 11.4 Å². The first-order chi connectivity index (χ1) is 11.1. The molecule has 0 bridgehead atoms. The van der Waals surface area contributed by atoms with Gasteiger partial charge in [-0.15, -0.1) is 0 Å². The van der Waals surface area contributed by atoms with Crippen LogP contribution in [0.3, 0.4) is 0 Å². The maximum absolute atomic E-state index is 12.6. The summed E-state index contributed by atoms with van der Waals surface area (Å²) in [5.41, 5.74) is 1.68. The van der Waals surface area contributed by atoms with Gasteiger partial charge in [0, 0.05) is 17.0 Å². The highest BCUT2D eigenvalue weighted by Gasteiger charge is 2.39. The fraction of sp³-hybridized carbons (Fsp3) is 0. The number of carbonyl (C=O) groups is 1. The molecule has 2 aromatic rings. The second-order valence-corrected chi connectivity index (χ2v) is 6.00. The zero-order valence-electron chi connectivity index (χ0n) is 11.7. The third kappa shape index (κ3) is 2.22. The van der Waals surface area contributed by atoms with Crippen LogP contribution in [0.15, 0.2) is 64.1 Å². The Labute approximate surface area is 135 Å². The van der Waals surface area contributed by atoms with Gasteiger partial charge in [0.1, 0.15) is 5.70 Å². The molecule has 2 heterocycles. The molecule has 112 valence electrons. The predicted molar refractivity (Wildman–Crippen MR) is 88.3 cm³/mol. The van der Waals surface area contributed by atoms with E-state index in [-0.39, 0.29) is 11.6 Å². The van der Waals surface area contributed by atoms with E-state index < -0.39 is 4.92 Å². The van der Waals surface area contributed by atoms with Crippen LogP contribution in [0, 0.1) is 10.1 Å². The van der Waals surface area contributed by atoms with Gasteiger partial charge in [-0.3, -0.25) is 19.8 Å². The molecule has 0 unspecified atom stereocenters. The zero-order valence-corrected chi connectivity index (χ0v) is 12.5. The standard InChI is InChI=1S/C16H9N3O3S/c20-15-12(8-10-4-2-1-3-5-10)17-16-18(15)13-9-11(19(21)22)6-7-14(13)23-16/h1-9H/b12-8-. The van der Waals surface area contributed by atoms with Crippen molar-refractivity contribution in [2.24, 2.45) is 4.99 Å². The number of carbonyl (C=O) groups excluding carboxylic acids is 1. The monoisotopic (exact) mass is 323 g/mol. The average Bonchev–Trinajstić information content (AvgIpc) is 3.05. The predicted octanol–water partition coefficient (Wildman–Crippen LogP) is 3.44. The van der Waals surface area contributed by atoms with Gasteiger partial charge in [0.2, 0.25) is 0 Å². The number of hydrogen-bond acceptors (Lipinski definition) is 5. The van der Waals surface area contributed by atoms with E-state index in [1.165, 1.54) is 28.8 Å². The Kier molecular flexibility index (Phi) is 3.02. The molecule has 0 saturated heterocycles. The number of nitro benzene ring substituents is 1. The Morgan fingerprint density at radius 3 is 2.70 bits per heavy atom. The van der Waals surface area contributed by atoms with E-state index in [4.69, 9.17) is 0 Å². The first kappa shape index (κ1) is 13.7. The summed E-state index contributed by atoms with van der Waals surface area (Å²) in [5, 5.41) is 11.5. The number of aliphatic imine (C=N–C) groups is 1. The molecule has 23 heavy (non-hydrogen) atoms. The lowest BCUT2D eigenvalue weighted by atomic mass is 10.2. The van der Waals surface area contributed by atoms with Gasteiger partial charge < -0.3 is 0 Å². The van der Waals surface area contributed by atoms with Crippen molar-refractivity contribution in [3.05, 3.63) is 69.9 Å². The normalized spacial score (nSPS) is 17.2. The topological polar surface area (TPSA) is 75.8 Å². The molecule has 0 atom stereocenters. The van der Waals surface area contributed by atoms with E-state index in [1.54, 1.807) is 12.1 Å². The van der Waals surface area contributed by atoms with Gasteiger partial charge >= 0.3 is 0 Å². The van der Waals surface area contributed by atoms with E-state index in [0.29, 0.717) is 16.6 Å². The van der Waals surface area contributed by atoms with Crippen LogP contribution in [0.1, 0.15) is 5.56 Å². The molecule has 2 aliphatic heterocycles. The highest BCUT2D eigenvalue weighted by molar-refractivity contribution is 8.15. The van der Waals surface area contributed by atoms with Crippen LogP contribution >= 0.6 is 11.8 Å². The number of nitrogens with zero attached hydrogens (tertiary/aromatic N) is 3. The van der Waals surface area contributed by atoms with Crippen molar-refractivity contribution in [3.8, 4) is 0 Å². The summed E-state index contributed by atoms with van der Waals surface area (Å²) in [5.74, 6) is -0.268. The minimum absolute atomic E-state index is 0.0427. The number of amides is 1. The fourth-order valence-electron chi connectivity index (χ4n) is 2.46. The van der Waals surface area contributed by atoms with Gasteiger partial charge in [-0.1, -0.05) is 30.3 Å². The summed E-state index contributed by atoms with van der Waals surface area (Å²) < 4.78 is 0. The largest absolute Gasteiger partial charge is 0.283 e. The Morgan fingerprint density at radius 2 is 1.96 bits per heavy atom. The van der Waals surface area contributed by atoms with Crippen molar-refractivity contribution in [3.63, 3.8) is 0 Å². The molecule has 0 N–H and O–H groups in total. The number of hydrogen-bond donors (Lipinski definition) is 0. The van der Waals surface area contributed by atoms with E-state index >= 15 is 0 Å². The lowest BCUT2D eigenvalue weighted by Crippen LogP contribution is -2.26. The molecule has 0 saturated carbocycles. The molecular formula is C16H9N3O3S. The van der Waals surface area contributed by atoms with Crippen LogP contribution in [0.5, 0.6) is 0 Å². The highest BCUT2D eigenvalue weighted by Crippen LogP contribution is 2.45. The fourth-order valence-corrected chi connectivity index (χ4v) is 3.47. The van der Waals surface area contributed by atoms with Gasteiger partial charge in [0.15, 0.2) is 5.17 Å². The smallest absolute Gasteiger partial charge is 0.266 e. The van der Waals surface area contributed by atoms with Crippen LogP contribution in [-0.4, -0.2) is 16.0 Å². The first-order valence-electron chi connectivity index (χ1n) is 6.80.